The molecule has 10 heteroatoms. The summed E-state index contributed by atoms with van der Waals surface area (Å²) >= 11 is 0. The molecule has 3 aromatic rings. The first kappa shape index (κ1) is 22.6. The third kappa shape index (κ3) is 4.35. The molecular formula is C22H22F5N3O2. The summed E-state index contributed by atoms with van der Waals surface area (Å²) in [7, 11) is 1.94. The van der Waals surface area contributed by atoms with Crippen LogP contribution < -0.4 is 0 Å². The van der Waals surface area contributed by atoms with E-state index in [1.807, 2.05) is 20.0 Å². The van der Waals surface area contributed by atoms with E-state index in [0.717, 1.165) is 12.1 Å². The number of halogens is 5. The van der Waals surface area contributed by atoms with Gasteiger partial charge >= 0.3 is 6.18 Å². The molecule has 32 heavy (non-hydrogen) atoms. The van der Waals surface area contributed by atoms with E-state index >= 15 is 0 Å². The molecule has 1 aromatic carbocycles. The minimum atomic E-state index is -5.05. The molecule has 1 saturated heterocycles. The molecule has 2 aromatic heterocycles. The maximum absolute atomic E-state index is 15.0. The van der Waals surface area contributed by atoms with E-state index in [0.29, 0.717) is 43.0 Å². The molecular weight excluding hydrogens is 433 g/mol. The average Bonchev–Trinajstić information content (AvgIpc) is 3.03. The zero-order valence-corrected chi connectivity index (χ0v) is 17.5. The summed E-state index contributed by atoms with van der Waals surface area (Å²) in [6.07, 6.45) is -6.24. The summed E-state index contributed by atoms with van der Waals surface area (Å²) in [5.74, 6) is -2.46. The molecule has 1 fully saturated rings. The number of alkyl halides is 3. The average molecular weight is 455 g/mol. The number of aromatic nitrogens is 2. The lowest BCUT2D eigenvalue weighted by atomic mass is 10.0. The van der Waals surface area contributed by atoms with Crippen LogP contribution in [0.2, 0.25) is 0 Å². The second kappa shape index (κ2) is 8.42. The van der Waals surface area contributed by atoms with Gasteiger partial charge in [-0.05, 0) is 49.4 Å². The summed E-state index contributed by atoms with van der Waals surface area (Å²) in [4.78, 5) is 6.48. The van der Waals surface area contributed by atoms with E-state index in [9.17, 15) is 27.1 Å². The highest BCUT2D eigenvalue weighted by molar-refractivity contribution is 5.68. The fraction of sp³-hybridized carbons (Fsp3) is 0.409. The lowest BCUT2D eigenvalue weighted by molar-refractivity contribution is -0.206. The third-order valence-corrected chi connectivity index (χ3v) is 5.57. The molecule has 1 aliphatic heterocycles. The zero-order valence-electron chi connectivity index (χ0n) is 17.5. The molecule has 0 spiro atoms. The smallest absolute Gasteiger partial charge is 0.379 e. The first-order valence-corrected chi connectivity index (χ1v) is 10.1. The summed E-state index contributed by atoms with van der Waals surface area (Å²) < 4.78 is 75.9. The number of aliphatic hydroxyl groups is 1. The summed E-state index contributed by atoms with van der Waals surface area (Å²) in [5, 5.41) is 9.41. The Kier molecular flexibility index (Phi) is 5.95. The van der Waals surface area contributed by atoms with Gasteiger partial charge in [0.2, 0.25) is 0 Å². The maximum Gasteiger partial charge on any atom is 0.418 e. The van der Waals surface area contributed by atoms with Crippen molar-refractivity contribution < 1.29 is 31.8 Å². The number of likely N-dealkylation sites (N-methyl/N-ethyl adjacent to an activating group) is 1. The number of hydrogen-bond acceptors (Lipinski definition) is 4. The van der Waals surface area contributed by atoms with Crippen LogP contribution in [0.1, 0.15) is 22.9 Å². The lowest BCUT2D eigenvalue weighted by Crippen LogP contribution is -2.41. The van der Waals surface area contributed by atoms with Gasteiger partial charge in [-0.1, -0.05) is 0 Å². The Morgan fingerprint density at radius 1 is 1.22 bits per heavy atom. The van der Waals surface area contributed by atoms with Crippen LogP contribution in [0.15, 0.2) is 30.5 Å². The van der Waals surface area contributed by atoms with Crippen molar-refractivity contribution >= 4 is 5.65 Å². The molecule has 0 radical (unpaired) electrons. The van der Waals surface area contributed by atoms with E-state index in [1.165, 1.54) is 0 Å². The van der Waals surface area contributed by atoms with Gasteiger partial charge in [0.1, 0.15) is 17.3 Å². The van der Waals surface area contributed by atoms with Gasteiger partial charge in [-0.15, -0.1) is 0 Å². The van der Waals surface area contributed by atoms with Gasteiger partial charge in [-0.3, -0.25) is 0 Å². The molecule has 1 N–H and O–H groups in total. The second-order valence-corrected chi connectivity index (χ2v) is 8.10. The number of aryl methyl sites for hydroxylation is 1. The summed E-state index contributed by atoms with van der Waals surface area (Å²) in [6, 6.07) is 4.57. The minimum absolute atomic E-state index is 0.00419. The van der Waals surface area contributed by atoms with Crippen LogP contribution in [0.3, 0.4) is 0 Å². The largest absolute Gasteiger partial charge is 0.418 e. The topological polar surface area (TPSA) is 50.0 Å². The molecule has 1 aliphatic rings. The van der Waals surface area contributed by atoms with Crippen LogP contribution in [0, 0.1) is 18.6 Å². The van der Waals surface area contributed by atoms with Crippen molar-refractivity contribution in [3.8, 4) is 11.3 Å². The van der Waals surface area contributed by atoms with Crippen molar-refractivity contribution in [3.05, 3.63) is 58.9 Å². The van der Waals surface area contributed by atoms with Gasteiger partial charge in [0.25, 0.3) is 0 Å². The number of pyridine rings is 1. The summed E-state index contributed by atoms with van der Waals surface area (Å²) in [5.41, 5.74) is 0.382. The normalized spacial score (nSPS) is 18.9. The quantitative estimate of drug-likeness (QED) is 0.603. The zero-order chi connectivity index (χ0) is 23.2. The number of rotatable bonds is 4. The molecule has 0 aliphatic carbocycles. The highest BCUT2D eigenvalue weighted by atomic mass is 19.4. The van der Waals surface area contributed by atoms with E-state index in [2.05, 4.69) is 9.88 Å². The molecule has 0 saturated carbocycles. The highest BCUT2D eigenvalue weighted by Crippen LogP contribution is 2.37. The molecule has 0 bridgehead atoms. The van der Waals surface area contributed by atoms with Gasteiger partial charge in [0.05, 0.1) is 29.7 Å². The first-order valence-electron chi connectivity index (χ1n) is 10.1. The Bertz CT molecular complexity index is 1120. The number of fused-ring (bicyclic) bond motifs is 1. The van der Waals surface area contributed by atoms with Gasteiger partial charge < -0.3 is 19.1 Å². The van der Waals surface area contributed by atoms with Gasteiger partial charge in [-0.2, -0.15) is 13.2 Å². The van der Waals surface area contributed by atoms with Crippen LogP contribution >= 0.6 is 0 Å². The summed E-state index contributed by atoms with van der Waals surface area (Å²) in [6.45, 7) is 3.74. The molecule has 2 atom stereocenters. The van der Waals surface area contributed by atoms with E-state index in [4.69, 9.17) is 4.74 Å². The van der Waals surface area contributed by atoms with Crippen LogP contribution in [0.25, 0.3) is 16.9 Å². The SMILES string of the molecule is Cc1ccn2c(CC3CN(C)CCO3)c(-c3c(F)cc(C(O)C(F)(F)F)cc3F)nc2c1. The van der Waals surface area contributed by atoms with Crippen molar-refractivity contribution in [2.75, 3.05) is 26.7 Å². The molecule has 172 valence electrons. The van der Waals surface area contributed by atoms with Gasteiger partial charge in [0, 0.05) is 25.7 Å². The molecule has 4 rings (SSSR count). The van der Waals surface area contributed by atoms with Crippen molar-refractivity contribution in [2.24, 2.45) is 0 Å². The van der Waals surface area contributed by atoms with E-state index in [-0.39, 0.29) is 11.8 Å². The Morgan fingerprint density at radius 3 is 2.53 bits per heavy atom. The first-order chi connectivity index (χ1) is 15.0. The lowest BCUT2D eigenvalue weighted by Gasteiger charge is -2.30. The predicted octanol–water partition coefficient (Wildman–Crippen LogP) is 4.06. The Labute approximate surface area is 181 Å². The van der Waals surface area contributed by atoms with Crippen LogP contribution in [0.4, 0.5) is 22.0 Å². The molecule has 0 amide bonds. The highest BCUT2D eigenvalue weighted by Gasteiger charge is 2.40. The van der Waals surface area contributed by atoms with Crippen molar-refractivity contribution in [1.82, 2.24) is 14.3 Å². The minimum Gasteiger partial charge on any atom is -0.379 e. The van der Waals surface area contributed by atoms with Gasteiger partial charge in [0.15, 0.2) is 6.10 Å². The van der Waals surface area contributed by atoms with Crippen molar-refractivity contribution in [2.45, 2.75) is 31.7 Å². The van der Waals surface area contributed by atoms with E-state index in [1.54, 1.807) is 16.7 Å². The second-order valence-electron chi connectivity index (χ2n) is 8.10. The fourth-order valence-corrected chi connectivity index (χ4v) is 3.96. The molecule has 3 heterocycles. The van der Waals surface area contributed by atoms with Crippen molar-refractivity contribution in [3.63, 3.8) is 0 Å². The van der Waals surface area contributed by atoms with E-state index < -0.39 is 35.0 Å². The van der Waals surface area contributed by atoms with Gasteiger partial charge in [-0.25, -0.2) is 13.8 Å². The molecule has 5 nitrogen and oxygen atoms in total. The molecule has 2 unspecified atom stereocenters. The standard InChI is InChI=1S/C22H22F5N3O2/c1-12-3-4-30-17(10-14-11-29(2)5-6-32-14)20(28-18(30)7-12)19-15(23)8-13(9-16(19)24)21(31)22(25,26)27/h3-4,7-9,14,21,31H,5-6,10-11H2,1-2H3. The number of nitrogens with zero attached hydrogens (tertiary/aromatic N) is 3. The number of hydrogen-bond donors (Lipinski definition) is 1. The van der Waals surface area contributed by atoms with Crippen LogP contribution in [-0.4, -0.2) is 58.4 Å². The number of morpholine rings is 1. The predicted molar refractivity (Wildman–Crippen MR) is 107 cm³/mol. The maximum atomic E-state index is 15.0. The number of imidazole rings is 1. The monoisotopic (exact) mass is 455 g/mol. The number of aliphatic hydroxyl groups excluding tert-OH is 1. The Balaban J connectivity index is 1.83. The van der Waals surface area contributed by atoms with Crippen molar-refractivity contribution in [1.29, 1.82) is 0 Å². The Morgan fingerprint density at radius 2 is 1.91 bits per heavy atom. The number of benzene rings is 1. The Hall–Kier alpha value is -2.56. The van der Waals surface area contributed by atoms with Crippen LogP contribution in [0.5, 0.6) is 0 Å². The third-order valence-electron chi connectivity index (χ3n) is 5.57. The fourth-order valence-electron chi connectivity index (χ4n) is 3.96. The van der Waals surface area contributed by atoms with Crippen LogP contribution in [-0.2, 0) is 11.2 Å². The number of ether oxygens (including phenoxy) is 1.